The molecule has 0 saturated heterocycles. The highest BCUT2D eigenvalue weighted by molar-refractivity contribution is 5.88. The van der Waals surface area contributed by atoms with Crippen LogP contribution in [-0.2, 0) is 29.0 Å². The van der Waals surface area contributed by atoms with Gasteiger partial charge in [0.1, 0.15) is 6.04 Å². The van der Waals surface area contributed by atoms with E-state index in [0.717, 1.165) is 36.0 Å². The highest BCUT2D eigenvalue weighted by atomic mass is 16.2. The van der Waals surface area contributed by atoms with Crippen LogP contribution in [0.3, 0.4) is 0 Å². The lowest BCUT2D eigenvalue weighted by Crippen LogP contribution is -2.51. The molecule has 0 aliphatic rings. The Morgan fingerprint density at radius 2 is 1.30 bits per heavy atom. The van der Waals surface area contributed by atoms with E-state index in [1.165, 1.54) is 0 Å². The molecule has 0 spiro atoms. The van der Waals surface area contributed by atoms with E-state index in [4.69, 9.17) is 0 Å². The van der Waals surface area contributed by atoms with E-state index in [1.807, 2.05) is 91.0 Å². The van der Waals surface area contributed by atoms with Gasteiger partial charge in [-0.25, -0.2) is 0 Å². The van der Waals surface area contributed by atoms with Crippen molar-refractivity contribution in [3.05, 3.63) is 108 Å². The summed E-state index contributed by atoms with van der Waals surface area (Å²) in [6.07, 6.45) is 3.86. The molecule has 1 N–H and O–H groups in total. The van der Waals surface area contributed by atoms with Crippen LogP contribution in [0, 0.1) is 0 Å². The van der Waals surface area contributed by atoms with Gasteiger partial charge in [-0.3, -0.25) is 9.59 Å². The monoisotopic (exact) mass is 442 g/mol. The Balaban J connectivity index is 1.88. The normalized spacial score (nSPS) is 11.5. The Morgan fingerprint density at radius 1 is 0.758 bits per heavy atom. The van der Waals surface area contributed by atoms with Gasteiger partial charge < -0.3 is 10.2 Å². The van der Waals surface area contributed by atoms with Crippen LogP contribution in [0.1, 0.15) is 42.9 Å². The maximum atomic E-state index is 13.6. The first-order valence-corrected chi connectivity index (χ1v) is 11.9. The summed E-state index contributed by atoms with van der Waals surface area (Å²) in [5.41, 5.74) is 3.00. The summed E-state index contributed by atoms with van der Waals surface area (Å²) in [5, 5.41) is 3.09. The van der Waals surface area contributed by atoms with E-state index < -0.39 is 6.04 Å². The van der Waals surface area contributed by atoms with Crippen LogP contribution in [0.4, 0.5) is 0 Å². The highest BCUT2D eigenvalue weighted by Gasteiger charge is 2.30. The minimum atomic E-state index is -0.578. The second kappa shape index (κ2) is 13.2. The summed E-state index contributed by atoms with van der Waals surface area (Å²) in [6.45, 7) is 3.17. The molecule has 0 bridgehead atoms. The van der Waals surface area contributed by atoms with E-state index in [1.54, 1.807) is 4.90 Å². The quantitative estimate of drug-likeness (QED) is 0.393. The molecule has 4 nitrogen and oxygen atoms in total. The molecule has 3 aromatic carbocycles. The number of carbonyl (C=O) groups excluding carboxylic acids is 2. The Morgan fingerprint density at radius 3 is 1.88 bits per heavy atom. The van der Waals surface area contributed by atoms with Gasteiger partial charge in [0.05, 0.1) is 6.42 Å². The number of nitrogens with zero attached hydrogens (tertiary/aromatic N) is 1. The smallest absolute Gasteiger partial charge is 0.243 e. The third-order valence-corrected chi connectivity index (χ3v) is 5.74. The first kappa shape index (κ1) is 24.2. The van der Waals surface area contributed by atoms with Crippen molar-refractivity contribution in [2.45, 2.75) is 51.6 Å². The van der Waals surface area contributed by atoms with Crippen molar-refractivity contribution < 1.29 is 9.59 Å². The van der Waals surface area contributed by atoms with Crippen LogP contribution in [0.25, 0.3) is 0 Å². The standard InChI is InChI=1S/C29H34N2O2/c1-2-3-13-20-30-29(33)27(21-24-14-7-4-8-15-24)31(23-26-18-11-6-12-19-26)28(32)22-25-16-9-5-10-17-25/h4-12,14-19,27H,2-3,13,20-23H2,1H3,(H,30,33)/t27-/m0/s1. The average molecular weight is 443 g/mol. The van der Waals surface area contributed by atoms with Gasteiger partial charge >= 0.3 is 0 Å². The number of benzene rings is 3. The molecule has 4 heteroatoms. The molecule has 0 fully saturated rings. The molecule has 33 heavy (non-hydrogen) atoms. The van der Waals surface area contributed by atoms with Crippen LogP contribution in [0.5, 0.6) is 0 Å². The molecular formula is C29H34N2O2. The van der Waals surface area contributed by atoms with Crippen molar-refractivity contribution in [1.82, 2.24) is 10.2 Å². The van der Waals surface area contributed by atoms with Gasteiger partial charge in [-0.1, -0.05) is 111 Å². The summed E-state index contributed by atoms with van der Waals surface area (Å²) in [4.78, 5) is 28.7. The summed E-state index contributed by atoms with van der Waals surface area (Å²) < 4.78 is 0. The molecule has 3 rings (SSSR count). The molecular weight excluding hydrogens is 408 g/mol. The fraction of sp³-hybridized carbons (Fsp3) is 0.310. The van der Waals surface area contributed by atoms with Gasteiger partial charge in [0.25, 0.3) is 0 Å². The predicted molar refractivity (Wildman–Crippen MR) is 134 cm³/mol. The van der Waals surface area contributed by atoms with E-state index in [-0.39, 0.29) is 18.2 Å². The highest BCUT2D eigenvalue weighted by Crippen LogP contribution is 2.16. The van der Waals surface area contributed by atoms with Gasteiger partial charge in [-0.05, 0) is 23.1 Å². The first-order valence-electron chi connectivity index (χ1n) is 11.9. The topological polar surface area (TPSA) is 49.4 Å². The van der Waals surface area contributed by atoms with E-state index in [9.17, 15) is 9.59 Å². The Labute approximate surface area is 197 Å². The second-order valence-electron chi connectivity index (χ2n) is 8.37. The molecule has 0 heterocycles. The number of unbranched alkanes of at least 4 members (excludes halogenated alkanes) is 2. The van der Waals surface area contributed by atoms with Crippen LogP contribution in [0.2, 0.25) is 0 Å². The van der Waals surface area contributed by atoms with Crippen molar-refractivity contribution in [2.24, 2.45) is 0 Å². The summed E-state index contributed by atoms with van der Waals surface area (Å²) in [6, 6.07) is 29.0. The van der Waals surface area contributed by atoms with Gasteiger partial charge in [0.15, 0.2) is 0 Å². The molecule has 0 unspecified atom stereocenters. The van der Waals surface area contributed by atoms with Crippen molar-refractivity contribution in [3.63, 3.8) is 0 Å². The van der Waals surface area contributed by atoms with Crippen LogP contribution < -0.4 is 5.32 Å². The lowest BCUT2D eigenvalue weighted by atomic mass is 10.0. The average Bonchev–Trinajstić information content (AvgIpc) is 2.85. The molecule has 0 radical (unpaired) electrons. The number of hydrogen-bond donors (Lipinski definition) is 1. The lowest BCUT2D eigenvalue weighted by molar-refractivity contribution is -0.140. The molecule has 2 amide bonds. The summed E-state index contributed by atoms with van der Waals surface area (Å²) in [5.74, 6) is -0.137. The lowest BCUT2D eigenvalue weighted by Gasteiger charge is -2.31. The van der Waals surface area contributed by atoms with Gasteiger partial charge in [0, 0.05) is 19.5 Å². The number of rotatable bonds is 12. The molecule has 0 aliphatic carbocycles. The van der Waals surface area contributed by atoms with Crippen LogP contribution in [-0.4, -0.2) is 29.3 Å². The SMILES string of the molecule is CCCCCNC(=O)[C@H](Cc1ccccc1)N(Cc1ccccc1)C(=O)Cc1ccccc1. The fourth-order valence-electron chi connectivity index (χ4n) is 3.91. The molecule has 172 valence electrons. The zero-order valence-electron chi connectivity index (χ0n) is 19.5. The molecule has 1 atom stereocenters. The van der Waals surface area contributed by atoms with E-state index in [0.29, 0.717) is 19.5 Å². The zero-order valence-corrected chi connectivity index (χ0v) is 19.5. The Hall–Kier alpha value is -3.40. The van der Waals surface area contributed by atoms with E-state index in [2.05, 4.69) is 12.2 Å². The molecule has 0 aliphatic heterocycles. The fourth-order valence-corrected chi connectivity index (χ4v) is 3.91. The zero-order chi connectivity index (χ0) is 23.3. The maximum absolute atomic E-state index is 13.6. The number of hydrogen-bond acceptors (Lipinski definition) is 2. The Bertz CT molecular complexity index is 974. The van der Waals surface area contributed by atoms with Gasteiger partial charge in [-0.15, -0.1) is 0 Å². The molecule has 0 aromatic heterocycles. The van der Waals surface area contributed by atoms with Crippen molar-refractivity contribution in [3.8, 4) is 0 Å². The van der Waals surface area contributed by atoms with Crippen LogP contribution in [0.15, 0.2) is 91.0 Å². The third-order valence-electron chi connectivity index (χ3n) is 5.74. The maximum Gasteiger partial charge on any atom is 0.243 e. The number of nitrogens with one attached hydrogen (secondary N) is 1. The van der Waals surface area contributed by atoms with Gasteiger partial charge in [-0.2, -0.15) is 0 Å². The minimum absolute atomic E-state index is 0.0466. The number of carbonyl (C=O) groups is 2. The minimum Gasteiger partial charge on any atom is -0.354 e. The second-order valence-corrected chi connectivity index (χ2v) is 8.37. The van der Waals surface area contributed by atoms with Crippen molar-refractivity contribution >= 4 is 11.8 Å². The van der Waals surface area contributed by atoms with Crippen molar-refractivity contribution in [2.75, 3.05) is 6.54 Å². The molecule has 0 saturated carbocycles. The number of amides is 2. The predicted octanol–water partition coefficient (Wildman–Crippen LogP) is 5.18. The summed E-state index contributed by atoms with van der Waals surface area (Å²) >= 11 is 0. The first-order chi connectivity index (χ1) is 16.2. The van der Waals surface area contributed by atoms with Crippen molar-refractivity contribution in [1.29, 1.82) is 0 Å². The van der Waals surface area contributed by atoms with Crippen LogP contribution >= 0.6 is 0 Å². The third kappa shape index (κ3) is 7.90. The summed E-state index contributed by atoms with van der Waals surface area (Å²) in [7, 11) is 0. The largest absolute Gasteiger partial charge is 0.354 e. The Kier molecular flexibility index (Phi) is 9.71. The van der Waals surface area contributed by atoms with Gasteiger partial charge in [0.2, 0.25) is 11.8 Å². The van der Waals surface area contributed by atoms with E-state index >= 15 is 0 Å². The molecule has 3 aromatic rings.